The van der Waals surface area contributed by atoms with Crippen LogP contribution in [0.3, 0.4) is 0 Å². The molecule has 1 saturated heterocycles. The van der Waals surface area contributed by atoms with Gasteiger partial charge in [0.25, 0.3) is 0 Å². The second-order valence-corrected chi connectivity index (χ2v) is 5.92. The molecule has 0 atom stereocenters. The highest BCUT2D eigenvalue weighted by Crippen LogP contribution is 2.34. The van der Waals surface area contributed by atoms with Gasteiger partial charge in [-0.15, -0.1) is 0 Å². The van der Waals surface area contributed by atoms with Crippen LogP contribution in [0.25, 0.3) is 0 Å². The predicted octanol–water partition coefficient (Wildman–Crippen LogP) is 1.62. The number of anilines is 1. The molecule has 3 rings (SSSR count). The standard InChI is InChI=1S/C17H18FN3O4/c18-13-3-1-12(2-4-13)17(6-9-24-10-7-17)11-19-15(22)16(23)20-14-5-8-25-21-14/h1-5,8H,6-7,9-11H2,(H,19,22)(H,20,21,23). The van der Waals surface area contributed by atoms with Crippen molar-refractivity contribution in [3.8, 4) is 0 Å². The van der Waals surface area contributed by atoms with E-state index in [1.165, 1.54) is 24.5 Å². The molecule has 1 aromatic heterocycles. The van der Waals surface area contributed by atoms with Crippen LogP contribution in [0.15, 0.2) is 41.1 Å². The number of ether oxygens (including phenoxy) is 1. The van der Waals surface area contributed by atoms with Crippen molar-refractivity contribution in [1.82, 2.24) is 10.5 Å². The van der Waals surface area contributed by atoms with Gasteiger partial charge in [-0.3, -0.25) is 14.9 Å². The maximum Gasteiger partial charge on any atom is 0.314 e. The van der Waals surface area contributed by atoms with Crippen molar-refractivity contribution >= 4 is 17.6 Å². The van der Waals surface area contributed by atoms with E-state index in [-0.39, 0.29) is 18.2 Å². The summed E-state index contributed by atoms with van der Waals surface area (Å²) in [4.78, 5) is 24.0. The highest BCUT2D eigenvalue weighted by Gasteiger charge is 2.35. The summed E-state index contributed by atoms with van der Waals surface area (Å²) in [6, 6.07) is 7.64. The molecule has 2 aromatic rings. The molecule has 0 spiro atoms. The van der Waals surface area contributed by atoms with Crippen LogP contribution >= 0.6 is 0 Å². The third-order valence-corrected chi connectivity index (χ3v) is 4.38. The Kier molecular flexibility index (Phi) is 5.08. The Bertz CT molecular complexity index is 725. The van der Waals surface area contributed by atoms with Crippen LogP contribution in [0.4, 0.5) is 10.2 Å². The fourth-order valence-electron chi connectivity index (χ4n) is 2.91. The number of amides is 2. The molecule has 1 aliphatic heterocycles. The quantitative estimate of drug-likeness (QED) is 0.820. The molecule has 2 heterocycles. The van der Waals surface area contributed by atoms with Crippen LogP contribution < -0.4 is 10.6 Å². The molecule has 0 bridgehead atoms. The van der Waals surface area contributed by atoms with Gasteiger partial charge in [-0.25, -0.2) is 4.39 Å². The third kappa shape index (κ3) is 4.03. The molecule has 0 saturated carbocycles. The molecular weight excluding hydrogens is 329 g/mol. The lowest BCUT2D eigenvalue weighted by Gasteiger charge is -2.37. The molecule has 1 aromatic carbocycles. The largest absolute Gasteiger partial charge is 0.381 e. The Labute approximate surface area is 143 Å². The summed E-state index contributed by atoms with van der Waals surface area (Å²) < 4.78 is 23.2. The Morgan fingerprint density at radius 1 is 1.12 bits per heavy atom. The smallest absolute Gasteiger partial charge is 0.314 e. The molecule has 1 aliphatic rings. The van der Waals surface area contributed by atoms with E-state index in [1.807, 2.05) is 0 Å². The van der Waals surface area contributed by atoms with E-state index in [2.05, 4.69) is 20.3 Å². The molecule has 25 heavy (non-hydrogen) atoms. The highest BCUT2D eigenvalue weighted by atomic mass is 19.1. The number of nitrogens with zero attached hydrogens (tertiary/aromatic N) is 1. The Morgan fingerprint density at radius 3 is 2.48 bits per heavy atom. The predicted molar refractivity (Wildman–Crippen MR) is 86.3 cm³/mol. The molecule has 1 fully saturated rings. The fraction of sp³-hybridized carbons (Fsp3) is 0.353. The third-order valence-electron chi connectivity index (χ3n) is 4.38. The second kappa shape index (κ2) is 7.43. The van der Waals surface area contributed by atoms with Gasteiger partial charge in [0.15, 0.2) is 5.82 Å². The molecule has 0 unspecified atom stereocenters. The number of hydrogen-bond acceptors (Lipinski definition) is 5. The van der Waals surface area contributed by atoms with Crippen molar-refractivity contribution < 1.29 is 23.2 Å². The number of halogens is 1. The molecular formula is C17H18FN3O4. The van der Waals surface area contributed by atoms with Crippen molar-refractivity contribution in [2.45, 2.75) is 18.3 Å². The summed E-state index contributed by atoms with van der Waals surface area (Å²) in [7, 11) is 0. The average molecular weight is 347 g/mol. The first-order valence-corrected chi connectivity index (χ1v) is 7.92. The van der Waals surface area contributed by atoms with Crippen LogP contribution in [0, 0.1) is 5.82 Å². The van der Waals surface area contributed by atoms with E-state index in [1.54, 1.807) is 12.1 Å². The minimum Gasteiger partial charge on any atom is -0.381 e. The Morgan fingerprint density at radius 2 is 1.84 bits per heavy atom. The molecule has 7 nitrogen and oxygen atoms in total. The second-order valence-electron chi connectivity index (χ2n) is 5.92. The maximum absolute atomic E-state index is 13.2. The summed E-state index contributed by atoms with van der Waals surface area (Å²) >= 11 is 0. The van der Waals surface area contributed by atoms with Gasteiger partial charge >= 0.3 is 11.8 Å². The summed E-state index contributed by atoms with van der Waals surface area (Å²) in [6.07, 6.45) is 2.63. The van der Waals surface area contributed by atoms with Gasteiger partial charge in [-0.05, 0) is 30.5 Å². The van der Waals surface area contributed by atoms with Crippen LogP contribution in [-0.2, 0) is 19.7 Å². The van der Waals surface area contributed by atoms with E-state index < -0.39 is 17.2 Å². The van der Waals surface area contributed by atoms with Gasteiger partial charge in [0.1, 0.15) is 12.1 Å². The van der Waals surface area contributed by atoms with Crippen LogP contribution in [0.5, 0.6) is 0 Å². The lowest BCUT2D eigenvalue weighted by atomic mass is 9.74. The van der Waals surface area contributed by atoms with Crippen molar-refractivity contribution in [2.24, 2.45) is 0 Å². The maximum atomic E-state index is 13.2. The number of carbonyl (C=O) groups excluding carboxylic acids is 2. The minimum atomic E-state index is -0.824. The van der Waals surface area contributed by atoms with Gasteiger partial charge in [0.05, 0.1) is 0 Å². The van der Waals surface area contributed by atoms with Gasteiger partial charge in [0, 0.05) is 31.2 Å². The van der Waals surface area contributed by atoms with Crippen LogP contribution in [0.2, 0.25) is 0 Å². The first-order valence-electron chi connectivity index (χ1n) is 7.92. The minimum absolute atomic E-state index is 0.166. The lowest BCUT2D eigenvalue weighted by Crippen LogP contribution is -2.47. The highest BCUT2D eigenvalue weighted by molar-refractivity contribution is 6.39. The average Bonchev–Trinajstić information content (AvgIpc) is 3.14. The topological polar surface area (TPSA) is 93.5 Å². The van der Waals surface area contributed by atoms with E-state index in [4.69, 9.17) is 4.74 Å². The summed E-state index contributed by atoms with van der Waals surface area (Å²) in [5, 5.41) is 8.52. The summed E-state index contributed by atoms with van der Waals surface area (Å²) in [5.74, 6) is -1.74. The van der Waals surface area contributed by atoms with Crippen molar-refractivity contribution in [2.75, 3.05) is 25.1 Å². The van der Waals surface area contributed by atoms with Crippen LogP contribution in [-0.4, -0.2) is 36.7 Å². The zero-order valence-electron chi connectivity index (χ0n) is 13.5. The Hall–Kier alpha value is -2.74. The van der Waals surface area contributed by atoms with E-state index >= 15 is 0 Å². The summed E-state index contributed by atoms with van der Waals surface area (Å²) in [6.45, 7) is 1.34. The number of carbonyl (C=O) groups is 2. The zero-order valence-corrected chi connectivity index (χ0v) is 13.5. The SMILES string of the molecule is O=C(NCC1(c2ccc(F)cc2)CCOCC1)C(=O)Nc1ccon1. The normalized spacial score (nSPS) is 16.2. The van der Waals surface area contributed by atoms with E-state index in [0.29, 0.717) is 26.1 Å². The van der Waals surface area contributed by atoms with Gasteiger partial charge in [-0.1, -0.05) is 17.3 Å². The zero-order chi connectivity index (χ0) is 17.7. The number of rotatable bonds is 4. The van der Waals surface area contributed by atoms with Crippen molar-refractivity contribution in [3.05, 3.63) is 48.0 Å². The molecule has 2 amide bonds. The molecule has 8 heteroatoms. The Balaban J connectivity index is 1.67. The van der Waals surface area contributed by atoms with Gasteiger partial charge in [0.2, 0.25) is 0 Å². The van der Waals surface area contributed by atoms with Gasteiger partial charge < -0.3 is 14.6 Å². The molecule has 0 aliphatic carbocycles. The van der Waals surface area contributed by atoms with Crippen molar-refractivity contribution in [3.63, 3.8) is 0 Å². The first kappa shape index (κ1) is 17.1. The lowest BCUT2D eigenvalue weighted by molar-refractivity contribution is -0.136. The molecule has 2 N–H and O–H groups in total. The fourth-order valence-corrected chi connectivity index (χ4v) is 2.91. The molecule has 132 valence electrons. The summed E-state index contributed by atoms with van der Waals surface area (Å²) in [5.41, 5.74) is 0.518. The first-order chi connectivity index (χ1) is 12.1. The monoisotopic (exact) mass is 347 g/mol. The van der Waals surface area contributed by atoms with Crippen LogP contribution in [0.1, 0.15) is 18.4 Å². The number of nitrogens with one attached hydrogen (secondary N) is 2. The van der Waals surface area contributed by atoms with Crippen molar-refractivity contribution in [1.29, 1.82) is 0 Å². The molecule has 0 radical (unpaired) electrons. The number of hydrogen-bond donors (Lipinski definition) is 2. The number of benzene rings is 1. The number of aromatic nitrogens is 1. The van der Waals surface area contributed by atoms with E-state index in [0.717, 1.165) is 5.56 Å². The van der Waals surface area contributed by atoms with E-state index in [9.17, 15) is 14.0 Å². The van der Waals surface area contributed by atoms with Gasteiger partial charge in [-0.2, -0.15) is 0 Å².